The molecule has 1 atom stereocenters. The Morgan fingerprint density at radius 1 is 1.17 bits per heavy atom. The van der Waals surface area contributed by atoms with E-state index in [0.717, 1.165) is 12.5 Å². The molecule has 130 valence electrons. The minimum Gasteiger partial charge on any atom is -0.356 e. The largest absolute Gasteiger partial charge is 0.356 e. The third-order valence-electron chi connectivity index (χ3n) is 3.52. The molecule has 7 heteroatoms. The van der Waals surface area contributed by atoms with Crippen LogP contribution in [0.5, 0.6) is 0 Å². The molecule has 0 amide bonds. The van der Waals surface area contributed by atoms with E-state index in [-0.39, 0.29) is 5.75 Å². The molecule has 23 heavy (non-hydrogen) atoms. The first-order chi connectivity index (χ1) is 11.0. The van der Waals surface area contributed by atoms with Crippen LogP contribution >= 0.6 is 0 Å². The van der Waals surface area contributed by atoms with E-state index in [9.17, 15) is 8.42 Å². The van der Waals surface area contributed by atoms with Gasteiger partial charge < -0.3 is 10.6 Å². The molecular weight excluding hydrogens is 312 g/mol. The van der Waals surface area contributed by atoms with Crippen molar-refractivity contribution in [3.05, 3.63) is 35.9 Å². The third kappa shape index (κ3) is 7.99. The molecule has 0 aliphatic carbocycles. The standard InChI is InChI=1S/C16H28N4O2S/c1-4-23(21,22)20-12-8-11-18-16(17-3)19-13-14(2)15-9-6-5-7-10-15/h5-7,9-10,14,20H,4,8,11-13H2,1-3H3,(H2,17,18,19). The number of guanidine groups is 1. The van der Waals surface area contributed by atoms with Crippen LogP contribution in [-0.4, -0.2) is 46.8 Å². The van der Waals surface area contributed by atoms with Gasteiger partial charge >= 0.3 is 0 Å². The molecule has 1 aromatic carbocycles. The lowest BCUT2D eigenvalue weighted by Crippen LogP contribution is -2.40. The Kier molecular flexibility index (Phi) is 8.65. The molecule has 0 aliphatic rings. The van der Waals surface area contributed by atoms with Crippen molar-refractivity contribution < 1.29 is 8.42 Å². The lowest BCUT2D eigenvalue weighted by molar-refractivity contribution is 0.579. The maximum absolute atomic E-state index is 11.3. The highest BCUT2D eigenvalue weighted by molar-refractivity contribution is 7.89. The average Bonchev–Trinajstić information content (AvgIpc) is 2.57. The van der Waals surface area contributed by atoms with Gasteiger partial charge in [-0.05, 0) is 24.8 Å². The van der Waals surface area contributed by atoms with Gasteiger partial charge in [0.25, 0.3) is 0 Å². The molecule has 1 aromatic rings. The van der Waals surface area contributed by atoms with E-state index in [4.69, 9.17) is 0 Å². The Hall–Kier alpha value is -1.60. The molecule has 0 saturated carbocycles. The molecule has 1 unspecified atom stereocenters. The molecule has 0 spiro atoms. The molecular formula is C16H28N4O2S. The van der Waals surface area contributed by atoms with Gasteiger partial charge in [0.1, 0.15) is 0 Å². The summed E-state index contributed by atoms with van der Waals surface area (Å²) in [5.74, 6) is 1.22. The van der Waals surface area contributed by atoms with Crippen LogP contribution in [0.4, 0.5) is 0 Å². The van der Waals surface area contributed by atoms with E-state index >= 15 is 0 Å². The van der Waals surface area contributed by atoms with Gasteiger partial charge in [-0.1, -0.05) is 37.3 Å². The van der Waals surface area contributed by atoms with Gasteiger partial charge in [0.15, 0.2) is 5.96 Å². The van der Waals surface area contributed by atoms with Gasteiger partial charge in [-0.25, -0.2) is 13.1 Å². The van der Waals surface area contributed by atoms with Crippen molar-refractivity contribution in [2.45, 2.75) is 26.2 Å². The van der Waals surface area contributed by atoms with Crippen LogP contribution in [0, 0.1) is 0 Å². The van der Waals surface area contributed by atoms with Gasteiger partial charge in [0.05, 0.1) is 5.75 Å². The summed E-state index contributed by atoms with van der Waals surface area (Å²) in [5.41, 5.74) is 1.28. The SMILES string of the molecule is CCS(=O)(=O)NCCCNC(=NC)NCC(C)c1ccccc1. The summed E-state index contributed by atoms with van der Waals surface area (Å²) in [6.07, 6.45) is 0.703. The second kappa shape index (κ2) is 10.2. The maximum atomic E-state index is 11.3. The minimum absolute atomic E-state index is 0.112. The fourth-order valence-corrected chi connectivity index (χ4v) is 2.65. The van der Waals surface area contributed by atoms with Crippen LogP contribution < -0.4 is 15.4 Å². The zero-order valence-corrected chi connectivity index (χ0v) is 15.0. The lowest BCUT2D eigenvalue weighted by Gasteiger charge is -2.16. The highest BCUT2D eigenvalue weighted by Gasteiger charge is 2.07. The summed E-state index contributed by atoms with van der Waals surface area (Å²) in [6.45, 7) is 5.66. The fourth-order valence-electron chi connectivity index (χ4n) is 1.99. The van der Waals surface area contributed by atoms with Crippen molar-refractivity contribution in [2.75, 3.05) is 32.4 Å². The highest BCUT2D eigenvalue weighted by Crippen LogP contribution is 2.12. The Bertz CT molecular complexity index is 573. The second-order valence-electron chi connectivity index (χ2n) is 5.34. The van der Waals surface area contributed by atoms with E-state index in [1.807, 2.05) is 18.2 Å². The molecule has 0 heterocycles. The lowest BCUT2D eigenvalue weighted by atomic mass is 10.0. The summed E-state index contributed by atoms with van der Waals surface area (Å²) >= 11 is 0. The van der Waals surface area contributed by atoms with Gasteiger partial charge in [0, 0.05) is 26.7 Å². The molecule has 1 rings (SSSR count). The molecule has 0 fully saturated rings. The Labute approximate surface area is 139 Å². The number of nitrogens with one attached hydrogen (secondary N) is 3. The first-order valence-corrected chi connectivity index (χ1v) is 9.60. The van der Waals surface area contributed by atoms with E-state index in [1.54, 1.807) is 14.0 Å². The monoisotopic (exact) mass is 340 g/mol. The van der Waals surface area contributed by atoms with Crippen molar-refractivity contribution in [3.8, 4) is 0 Å². The molecule has 0 saturated heterocycles. The molecule has 0 aliphatic heterocycles. The number of hydrogen-bond donors (Lipinski definition) is 3. The Morgan fingerprint density at radius 2 is 1.87 bits per heavy atom. The van der Waals surface area contributed by atoms with Crippen LogP contribution in [0.15, 0.2) is 35.3 Å². The molecule has 0 bridgehead atoms. The summed E-state index contributed by atoms with van der Waals surface area (Å²) in [4.78, 5) is 4.17. The van der Waals surface area contributed by atoms with Crippen LogP contribution in [-0.2, 0) is 10.0 Å². The molecule has 3 N–H and O–H groups in total. The predicted molar refractivity (Wildman–Crippen MR) is 96.3 cm³/mol. The fraction of sp³-hybridized carbons (Fsp3) is 0.562. The number of nitrogens with zero attached hydrogens (tertiary/aromatic N) is 1. The maximum Gasteiger partial charge on any atom is 0.211 e. The predicted octanol–water partition coefficient (Wildman–Crippen LogP) is 1.28. The van der Waals surface area contributed by atoms with Gasteiger partial charge in [0.2, 0.25) is 10.0 Å². The number of aliphatic imine (C=N–C) groups is 1. The smallest absolute Gasteiger partial charge is 0.211 e. The van der Waals surface area contributed by atoms with E-state index in [1.165, 1.54) is 5.56 Å². The number of benzene rings is 1. The van der Waals surface area contributed by atoms with Crippen molar-refractivity contribution >= 4 is 16.0 Å². The molecule has 0 aromatic heterocycles. The van der Waals surface area contributed by atoms with Gasteiger partial charge in [-0.2, -0.15) is 0 Å². The Balaban J connectivity index is 2.25. The molecule has 0 radical (unpaired) electrons. The quantitative estimate of drug-likeness (QED) is 0.359. The molecule has 6 nitrogen and oxygen atoms in total. The van der Waals surface area contributed by atoms with Crippen LogP contribution in [0.1, 0.15) is 31.7 Å². The van der Waals surface area contributed by atoms with Crippen molar-refractivity contribution in [1.29, 1.82) is 0 Å². The third-order valence-corrected chi connectivity index (χ3v) is 4.92. The highest BCUT2D eigenvalue weighted by atomic mass is 32.2. The number of hydrogen-bond acceptors (Lipinski definition) is 3. The van der Waals surface area contributed by atoms with Crippen LogP contribution in [0.3, 0.4) is 0 Å². The van der Waals surface area contributed by atoms with Gasteiger partial charge in [-0.3, -0.25) is 4.99 Å². The number of sulfonamides is 1. The zero-order chi connectivity index (χ0) is 17.1. The van der Waals surface area contributed by atoms with Gasteiger partial charge in [-0.15, -0.1) is 0 Å². The summed E-state index contributed by atoms with van der Waals surface area (Å²) in [6, 6.07) is 10.3. The number of rotatable bonds is 9. The van der Waals surface area contributed by atoms with Crippen LogP contribution in [0.2, 0.25) is 0 Å². The Morgan fingerprint density at radius 3 is 2.48 bits per heavy atom. The average molecular weight is 340 g/mol. The van der Waals surface area contributed by atoms with E-state index in [2.05, 4.69) is 39.4 Å². The van der Waals surface area contributed by atoms with E-state index in [0.29, 0.717) is 25.4 Å². The summed E-state index contributed by atoms with van der Waals surface area (Å²) in [5, 5.41) is 6.47. The zero-order valence-electron chi connectivity index (χ0n) is 14.2. The normalized spacial score (nSPS) is 13.6. The van der Waals surface area contributed by atoms with E-state index < -0.39 is 10.0 Å². The first-order valence-electron chi connectivity index (χ1n) is 7.95. The van der Waals surface area contributed by atoms with Crippen molar-refractivity contribution in [3.63, 3.8) is 0 Å². The summed E-state index contributed by atoms with van der Waals surface area (Å²) in [7, 11) is -1.38. The minimum atomic E-state index is -3.10. The first kappa shape index (κ1) is 19.4. The van der Waals surface area contributed by atoms with Crippen molar-refractivity contribution in [1.82, 2.24) is 15.4 Å². The van der Waals surface area contributed by atoms with Crippen molar-refractivity contribution in [2.24, 2.45) is 4.99 Å². The van der Waals surface area contributed by atoms with Crippen LogP contribution in [0.25, 0.3) is 0 Å². The topological polar surface area (TPSA) is 82.6 Å². The second-order valence-corrected chi connectivity index (χ2v) is 7.44. The summed E-state index contributed by atoms with van der Waals surface area (Å²) < 4.78 is 25.1.